The molecule has 1 aromatic rings. The molecule has 0 spiro atoms. The fraction of sp³-hybridized carbons (Fsp3) is 0.679. The van der Waals surface area contributed by atoms with Gasteiger partial charge in [0.25, 0.3) is 5.91 Å². The van der Waals surface area contributed by atoms with Gasteiger partial charge in [-0.25, -0.2) is 0 Å². The van der Waals surface area contributed by atoms with Crippen LogP contribution in [-0.2, 0) is 20.7 Å². The summed E-state index contributed by atoms with van der Waals surface area (Å²) >= 11 is 6.29. The number of nitrogens with zero attached hydrogens (tertiary/aromatic N) is 2. The predicted molar refractivity (Wildman–Crippen MR) is 148 cm³/mol. The quantitative estimate of drug-likeness (QED) is 0.276. The first-order valence-corrected chi connectivity index (χ1v) is 14.4. The van der Waals surface area contributed by atoms with Crippen LogP contribution < -0.4 is 15.8 Å². The number of nitrogen functional groups attached to an aromatic ring is 1. The minimum Gasteiger partial charge on any atom is -0.492 e. The molecule has 1 aromatic carbocycles. The summed E-state index contributed by atoms with van der Waals surface area (Å²) in [7, 11) is 1.68. The highest BCUT2D eigenvalue weighted by molar-refractivity contribution is 6.33. The standard InChI is InChI=1S/C28H41ClN4O6/c1-38-23-17-32(16-18-7-12-33(13-8-18)24(34)5-3-2-4-6-25(35)36)11-9-22(23)31-28(37)20-15-21(29)26(30)19-10-14-39-27(19)20/h15,18,22-23H,2-14,16-17,30H2,1H3,(H,31,37)(H,35,36)/t22-,23+/m1/s1. The molecule has 3 aliphatic rings. The van der Waals surface area contributed by atoms with Crippen LogP contribution in [0, 0.1) is 5.92 Å². The summed E-state index contributed by atoms with van der Waals surface area (Å²) in [6, 6.07) is 1.46. The number of piperidine rings is 2. The Morgan fingerprint density at radius 1 is 1.15 bits per heavy atom. The molecule has 4 N–H and O–H groups in total. The Kier molecular flexibility index (Phi) is 10.3. The minimum atomic E-state index is -0.782. The monoisotopic (exact) mass is 564 g/mol. The van der Waals surface area contributed by atoms with Gasteiger partial charge >= 0.3 is 5.97 Å². The van der Waals surface area contributed by atoms with E-state index in [1.165, 1.54) is 0 Å². The number of amides is 2. The zero-order valence-electron chi connectivity index (χ0n) is 22.8. The number of carbonyl (C=O) groups is 3. The number of hydrogen-bond donors (Lipinski definition) is 3. The van der Waals surface area contributed by atoms with Gasteiger partial charge in [0.1, 0.15) is 5.75 Å². The molecule has 10 nitrogen and oxygen atoms in total. The Morgan fingerprint density at radius 2 is 1.90 bits per heavy atom. The van der Waals surface area contributed by atoms with Crippen LogP contribution >= 0.6 is 11.6 Å². The maximum atomic E-state index is 13.2. The lowest BCUT2D eigenvalue weighted by atomic mass is 9.93. The molecule has 2 amide bonds. The summed E-state index contributed by atoms with van der Waals surface area (Å²) in [5, 5.41) is 12.2. The van der Waals surface area contributed by atoms with Gasteiger partial charge in [-0.05, 0) is 44.1 Å². The Morgan fingerprint density at radius 3 is 2.62 bits per heavy atom. The van der Waals surface area contributed by atoms with Crippen molar-refractivity contribution in [1.29, 1.82) is 0 Å². The molecule has 0 radical (unpaired) electrons. The number of halogens is 1. The number of rotatable bonds is 11. The van der Waals surface area contributed by atoms with E-state index >= 15 is 0 Å². The average Bonchev–Trinajstić information content (AvgIpc) is 3.42. The zero-order valence-corrected chi connectivity index (χ0v) is 23.5. The molecule has 216 valence electrons. The van der Waals surface area contributed by atoms with E-state index in [1.807, 2.05) is 4.90 Å². The number of nitrogens with two attached hydrogens (primary N) is 1. The number of fused-ring (bicyclic) bond motifs is 1. The molecule has 0 aromatic heterocycles. The summed E-state index contributed by atoms with van der Waals surface area (Å²) < 4.78 is 11.5. The van der Waals surface area contributed by atoms with Gasteiger partial charge in [0.2, 0.25) is 5.91 Å². The molecule has 3 heterocycles. The second-order valence-electron chi connectivity index (χ2n) is 10.9. The number of aliphatic carboxylic acids is 1. The van der Waals surface area contributed by atoms with E-state index in [-0.39, 0.29) is 30.4 Å². The number of unbranched alkanes of at least 4 members (excludes halogenated alkanes) is 2. The number of carboxylic acids is 1. The van der Waals surface area contributed by atoms with Crippen molar-refractivity contribution in [3.63, 3.8) is 0 Å². The van der Waals surface area contributed by atoms with E-state index in [9.17, 15) is 14.4 Å². The maximum absolute atomic E-state index is 13.2. The first-order chi connectivity index (χ1) is 18.8. The molecule has 0 unspecified atom stereocenters. The van der Waals surface area contributed by atoms with E-state index in [0.29, 0.717) is 53.8 Å². The van der Waals surface area contributed by atoms with Gasteiger partial charge in [0.15, 0.2) is 0 Å². The van der Waals surface area contributed by atoms with Gasteiger partial charge in [-0.2, -0.15) is 0 Å². The molecule has 0 bridgehead atoms. The van der Waals surface area contributed by atoms with Crippen LogP contribution in [0.3, 0.4) is 0 Å². The summed E-state index contributed by atoms with van der Waals surface area (Å²) in [5.41, 5.74) is 7.77. The third-order valence-electron chi connectivity index (χ3n) is 8.24. The summed E-state index contributed by atoms with van der Waals surface area (Å²) in [5.74, 6) is 0.220. The Balaban J connectivity index is 1.21. The normalized spacial score (nSPS) is 21.8. The van der Waals surface area contributed by atoms with Gasteiger partial charge in [0.05, 0.1) is 35.0 Å². The molecule has 39 heavy (non-hydrogen) atoms. The third-order valence-corrected chi connectivity index (χ3v) is 8.56. The number of methoxy groups -OCH3 is 1. The van der Waals surface area contributed by atoms with Gasteiger partial charge in [-0.15, -0.1) is 0 Å². The number of ether oxygens (including phenoxy) is 2. The van der Waals surface area contributed by atoms with Gasteiger partial charge in [0, 0.05) is 64.7 Å². The summed E-state index contributed by atoms with van der Waals surface area (Å²) in [6.07, 6.45) is 6.04. The molecule has 0 aliphatic carbocycles. The number of anilines is 1. The van der Waals surface area contributed by atoms with Gasteiger partial charge in [-0.3, -0.25) is 14.4 Å². The molecular weight excluding hydrogens is 524 g/mol. The summed E-state index contributed by atoms with van der Waals surface area (Å²) in [4.78, 5) is 40.7. The van der Waals surface area contributed by atoms with Crippen LogP contribution in [-0.4, -0.2) is 91.3 Å². The first kappa shape index (κ1) is 29.4. The van der Waals surface area contributed by atoms with E-state index < -0.39 is 5.97 Å². The Bertz CT molecular complexity index is 1050. The van der Waals surface area contributed by atoms with Crippen molar-refractivity contribution in [2.75, 3.05) is 52.2 Å². The second kappa shape index (κ2) is 13.7. The summed E-state index contributed by atoms with van der Waals surface area (Å²) in [6.45, 7) is 4.57. The van der Waals surface area contributed by atoms with Crippen molar-refractivity contribution in [3.8, 4) is 5.75 Å². The van der Waals surface area contributed by atoms with Crippen LogP contribution in [0.1, 0.15) is 67.3 Å². The fourth-order valence-electron chi connectivity index (χ4n) is 5.95. The van der Waals surface area contributed by atoms with Crippen molar-refractivity contribution >= 4 is 35.1 Å². The second-order valence-corrected chi connectivity index (χ2v) is 11.3. The molecule has 2 saturated heterocycles. The lowest BCUT2D eigenvalue weighted by Gasteiger charge is -2.41. The average molecular weight is 565 g/mol. The lowest BCUT2D eigenvalue weighted by Crippen LogP contribution is -2.55. The van der Waals surface area contributed by atoms with Crippen LogP contribution in [0.2, 0.25) is 5.02 Å². The van der Waals surface area contributed by atoms with E-state index in [2.05, 4.69) is 10.2 Å². The number of likely N-dealkylation sites (tertiary alicyclic amines) is 2. The van der Waals surface area contributed by atoms with Crippen molar-refractivity contribution in [1.82, 2.24) is 15.1 Å². The fourth-order valence-corrected chi connectivity index (χ4v) is 6.17. The highest BCUT2D eigenvalue weighted by Crippen LogP contribution is 2.38. The lowest BCUT2D eigenvalue weighted by molar-refractivity contribution is -0.137. The highest BCUT2D eigenvalue weighted by Gasteiger charge is 2.34. The van der Waals surface area contributed by atoms with Crippen LogP contribution in [0.4, 0.5) is 5.69 Å². The van der Waals surface area contributed by atoms with Gasteiger partial charge in [-0.1, -0.05) is 18.0 Å². The third kappa shape index (κ3) is 7.55. The first-order valence-electron chi connectivity index (χ1n) is 14.1. The van der Waals surface area contributed by atoms with Crippen molar-refractivity contribution in [2.24, 2.45) is 5.92 Å². The number of benzene rings is 1. The van der Waals surface area contributed by atoms with E-state index in [0.717, 1.165) is 70.4 Å². The van der Waals surface area contributed by atoms with Crippen LogP contribution in [0.5, 0.6) is 5.75 Å². The smallest absolute Gasteiger partial charge is 0.303 e. The van der Waals surface area contributed by atoms with Crippen molar-refractivity contribution in [2.45, 2.75) is 69.9 Å². The number of nitrogens with one attached hydrogen (secondary N) is 1. The molecule has 2 fully saturated rings. The molecule has 3 aliphatic heterocycles. The van der Waals surface area contributed by atoms with E-state index in [1.54, 1.807) is 13.2 Å². The zero-order chi connectivity index (χ0) is 27.9. The van der Waals surface area contributed by atoms with E-state index in [4.69, 9.17) is 31.9 Å². The minimum absolute atomic E-state index is 0.123. The number of carbonyl (C=O) groups excluding carboxylic acids is 2. The number of carboxylic acid groups (broad SMARTS) is 1. The largest absolute Gasteiger partial charge is 0.492 e. The Hall–Kier alpha value is -2.56. The van der Waals surface area contributed by atoms with Crippen molar-refractivity contribution < 1.29 is 29.0 Å². The molecule has 2 atom stereocenters. The molecule has 0 saturated carbocycles. The van der Waals surface area contributed by atoms with Crippen LogP contribution in [0.15, 0.2) is 6.07 Å². The van der Waals surface area contributed by atoms with Gasteiger partial charge < -0.3 is 35.4 Å². The molecule has 4 rings (SSSR count). The molecular formula is C28H41ClN4O6. The topological polar surface area (TPSA) is 134 Å². The van der Waals surface area contributed by atoms with Crippen molar-refractivity contribution in [3.05, 3.63) is 22.2 Å². The maximum Gasteiger partial charge on any atom is 0.303 e. The van der Waals surface area contributed by atoms with Crippen LogP contribution in [0.25, 0.3) is 0 Å². The predicted octanol–water partition coefficient (Wildman–Crippen LogP) is 2.95. The Labute approximate surface area is 235 Å². The SMILES string of the molecule is CO[C@H]1CN(CC2CCN(C(=O)CCCCCC(=O)O)CC2)CC[C@H]1NC(=O)c1cc(Cl)c(N)c2c1OCC2. The molecule has 11 heteroatoms. The highest BCUT2D eigenvalue weighted by atomic mass is 35.5. The number of hydrogen-bond acceptors (Lipinski definition) is 7.